The molecule has 0 aliphatic carbocycles. The second-order valence-corrected chi connectivity index (χ2v) is 6.24. The molecule has 124 valence electrons. The minimum absolute atomic E-state index is 0.263. The zero-order valence-corrected chi connectivity index (χ0v) is 12.6. The average Bonchev–Trinajstić information content (AvgIpc) is 2.51. The highest BCUT2D eigenvalue weighted by atomic mass is 19.3. The summed E-state index contributed by atoms with van der Waals surface area (Å²) in [4.78, 5) is 24.7. The van der Waals surface area contributed by atoms with Crippen molar-refractivity contribution in [2.75, 3.05) is 18.0 Å². The van der Waals surface area contributed by atoms with Crippen molar-refractivity contribution in [2.45, 2.75) is 18.9 Å². The Labute approximate surface area is 135 Å². The number of nitrogens with zero attached hydrogens (tertiary/aromatic N) is 2. The van der Waals surface area contributed by atoms with E-state index in [4.69, 9.17) is 5.11 Å². The molecule has 0 unspecified atom stereocenters. The normalized spacial score (nSPS) is 17.7. The molecule has 1 aromatic carbocycles. The Hall–Kier alpha value is -2.70. The number of anilines is 1. The molecule has 0 atom stereocenters. The van der Waals surface area contributed by atoms with Crippen LogP contribution in [0, 0.1) is 0 Å². The van der Waals surface area contributed by atoms with E-state index in [2.05, 4.69) is 0 Å². The molecule has 0 spiro atoms. The number of carboxylic acids is 1. The Morgan fingerprint density at radius 1 is 1.21 bits per heavy atom. The van der Waals surface area contributed by atoms with Crippen LogP contribution in [-0.2, 0) is 13.0 Å². The molecule has 1 saturated heterocycles. The zero-order chi connectivity index (χ0) is 17.1. The summed E-state index contributed by atoms with van der Waals surface area (Å²) in [5.41, 5.74) is 2.31. The van der Waals surface area contributed by atoms with E-state index in [1.165, 1.54) is 12.3 Å². The van der Waals surface area contributed by atoms with E-state index in [0.717, 1.165) is 11.1 Å². The summed E-state index contributed by atoms with van der Waals surface area (Å²) in [5, 5.41) is 9.08. The van der Waals surface area contributed by atoms with Gasteiger partial charge < -0.3 is 14.6 Å². The predicted octanol–water partition coefficient (Wildman–Crippen LogP) is 2.22. The van der Waals surface area contributed by atoms with Crippen molar-refractivity contribution in [3.63, 3.8) is 0 Å². The quantitative estimate of drug-likeness (QED) is 0.916. The molecule has 0 saturated carbocycles. The lowest BCUT2D eigenvalue weighted by atomic mass is 9.95. The summed E-state index contributed by atoms with van der Waals surface area (Å²) in [6.07, 6.45) is 2.05. The largest absolute Gasteiger partial charge is 0.477 e. The van der Waals surface area contributed by atoms with Gasteiger partial charge >= 0.3 is 5.97 Å². The van der Waals surface area contributed by atoms with Gasteiger partial charge in [0.25, 0.3) is 5.92 Å². The van der Waals surface area contributed by atoms with Crippen LogP contribution >= 0.6 is 0 Å². The van der Waals surface area contributed by atoms with E-state index < -0.39 is 17.3 Å². The van der Waals surface area contributed by atoms with Gasteiger partial charge in [-0.1, -0.05) is 6.07 Å². The monoisotopic (exact) mass is 332 g/mol. The van der Waals surface area contributed by atoms with Crippen molar-refractivity contribution in [1.29, 1.82) is 0 Å². The number of halogens is 2. The van der Waals surface area contributed by atoms with Crippen molar-refractivity contribution in [3.05, 3.63) is 51.8 Å². The zero-order valence-electron chi connectivity index (χ0n) is 12.6. The number of alkyl halides is 2. The number of aryl methyl sites for hydroxylation is 2. The molecule has 0 radical (unpaired) electrons. The van der Waals surface area contributed by atoms with Gasteiger partial charge in [0.05, 0.1) is 18.8 Å². The molecule has 5 nitrogen and oxygen atoms in total. The molecule has 2 aliphatic rings. The molecule has 7 heteroatoms. The predicted molar refractivity (Wildman–Crippen MR) is 84.0 cm³/mol. The van der Waals surface area contributed by atoms with Crippen LogP contribution in [0.3, 0.4) is 0 Å². The van der Waals surface area contributed by atoms with E-state index in [9.17, 15) is 18.4 Å². The smallest absolute Gasteiger partial charge is 0.341 e. The molecular formula is C17H14F2N2O3. The molecule has 1 aromatic heterocycles. The first kappa shape index (κ1) is 14.9. The van der Waals surface area contributed by atoms with E-state index in [0.29, 0.717) is 24.3 Å². The molecule has 3 heterocycles. The number of hydrogen-bond acceptors (Lipinski definition) is 3. The Morgan fingerprint density at radius 2 is 1.96 bits per heavy atom. The fourth-order valence-corrected chi connectivity index (χ4v) is 3.31. The lowest BCUT2D eigenvalue weighted by Gasteiger charge is -2.41. The first-order valence-electron chi connectivity index (χ1n) is 7.58. The van der Waals surface area contributed by atoms with Gasteiger partial charge in [-0.15, -0.1) is 0 Å². The maximum atomic E-state index is 13.1. The highest BCUT2D eigenvalue weighted by Crippen LogP contribution is 2.36. The first-order chi connectivity index (χ1) is 11.3. The molecule has 1 N–H and O–H groups in total. The minimum atomic E-state index is -2.65. The van der Waals surface area contributed by atoms with E-state index >= 15 is 0 Å². The number of carboxylic acid groups (broad SMARTS) is 1. The summed E-state index contributed by atoms with van der Waals surface area (Å²) in [5.74, 6) is -3.90. The fraction of sp³-hybridized carbons (Fsp3) is 0.294. The number of fused-ring (bicyclic) bond motifs is 3. The molecule has 2 aliphatic heterocycles. The minimum Gasteiger partial charge on any atom is -0.477 e. The highest BCUT2D eigenvalue weighted by molar-refractivity contribution is 5.87. The number of rotatable bonds is 2. The third-order valence-electron chi connectivity index (χ3n) is 4.56. The molecular weight excluding hydrogens is 318 g/mol. The Kier molecular flexibility index (Phi) is 3.03. The third kappa shape index (κ3) is 2.28. The van der Waals surface area contributed by atoms with Crippen LogP contribution in [0.5, 0.6) is 0 Å². The number of pyridine rings is 1. The van der Waals surface area contributed by atoms with Gasteiger partial charge in [-0.3, -0.25) is 4.79 Å². The van der Waals surface area contributed by atoms with Crippen molar-refractivity contribution in [1.82, 2.24) is 4.57 Å². The first-order valence-corrected chi connectivity index (χ1v) is 7.58. The van der Waals surface area contributed by atoms with Gasteiger partial charge in [-0.25, -0.2) is 13.6 Å². The number of hydrogen-bond donors (Lipinski definition) is 1. The SMILES string of the molecule is O=C(O)c1cn2c(cc1=O)-c1cc(N3CC(F)(F)C3)ccc1CC2. The van der Waals surface area contributed by atoms with Crippen LogP contribution < -0.4 is 10.3 Å². The summed E-state index contributed by atoms with van der Waals surface area (Å²) >= 11 is 0. The van der Waals surface area contributed by atoms with Crippen LogP contribution in [0.25, 0.3) is 11.3 Å². The number of carbonyl (C=O) groups is 1. The molecule has 4 rings (SSSR count). The lowest BCUT2D eigenvalue weighted by Crippen LogP contribution is -2.56. The van der Waals surface area contributed by atoms with Crippen molar-refractivity contribution in [2.24, 2.45) is 0 Å². The molecule has 2 aromatic rings. The number of aromatic carboxylic acids is 1. The standard InChI is InChI=1S/C17H14F2N2O3/c18-17(19)8-21(9-17)11-2-1-10-3-4-20-7-13(16(23)24)15(22)6-14(20)12(10)5-11/h1-2,5-7H,3-4,8-9H2,(H,23,24). The molecule has 0 bridgehead atoms. The Balaban J connectivity index is 1.79. The van der Waals surface area contributed by atoms with E-state index in [1.54, 1.807) is 15.5 Å². The van der Waals surface area contributed by atoms with E-state index in [-0.39, 0.29) is 18.7 Å². The van der Waals surface area contributed by atoms with E-state index in [1.807, 2.05) is 12.1 Å². The maximum Gasteiger partial charge on any atom is 0.341 e. The Morgan fingerprint density at radius 3 is 2.62 bits per heavy atom. The Bertz CT molecular complexity index is 913. The average molecular weight is 332 g/mol. The van der Waals surface area contributed by atoms with Crippen LogP contribution in [-0.4, -0.2) is 34.7 Å². The lowest BCUT2D eigenvalue weighted by molar-refractivity contribution is -0.0262. The molecule has 24 heavy (non-hydrogen) atoms. The molecule has 1 fully saturated rings. The summed E-state index contributed by atoms with van der Waals surface area (Å²) in [6.45, 7) is -0.0445. The summed E-state index contributed by atoms with van der Waals surface area (Å²) in [6, 6.07) is 6.82. The van der Waals surface area contributed by atoms with Gasteiger partial charge in [0.15, 0.2) is 5.43 Å². The van der Waals surface area contributed by atoms with Gasteiger partial charge in [-0.05, 0) is 24.1 Å². The van der Waals surface area contributed by atoms with Crippen LogP contribution in [0.15, 0.2) is 35.3 Å². The molecule has 0 amide bonds. The van der Waals surface area contributed by atoms with Gasteiger partial charge in [0, 0.05) is 30.1 Å². The second-order valence-electron chi connectivity index (χ2n) is 6.24. The van der Waals surface area contributed by atoms with Crippen LogP contribution in [0.2, 0.25) is 0 Å². The van der Waals surface area contributed by atoms with Crippen molar-refractivity contribution < 1.29 is 18.7 Å². The number of benzene rings is 1. The maximum absolute atomic E-state index is 13.1. The van der Waals surface area contributed by atoms with Crippen molar-refractivity contribution in [3.8, 4) is 11.3 Å². The number of aromatic nitrogens is 1. The second kappa shape index (κ2) is 4.90. The van der Waals surface area contributed by atoms with Crippen LogP contribution in [0.4, 0.5) is 14.5 Å². The van der Waals surface area contributed by atoms with Gasteiger partial charge in [0.2, 0.25) is 0 Å². The van der Waals surface area contributed by atoms with Crippen molar-refractivity contribution >= 4 is 11.7 Å². The highest BCUT2D eigenvalue weighted by Gasteiger charge is 2.44. The summed E-state index contributed by atoms with van der Waals surface area (Å²) in [7, 11) is 0. The van der Waals surface area contributed by atoms with Gasteiger partial charge in [-0.2, -0.15) is 0 Å². The summed E-state index contributed by atoms with van der Waals surface area (Å²) < 4.78 is 27.9. The fourth-order valence-electron chi connectivity index (χ4n) is 3.31. The van der Waals surface area contributed by atoms with Gasteiger partial charge in [0.1, 0.15) is 5.56 Å². The topological polar surface area (TPSA) is 62.5 Å². The van der Waals surface area contributed by atoms with Crippen LogP contribution in [0.1, 0.15) is 15.9 Å². The third-order valence-corrected chi connectivity index (χ3v) is 4.56.